The van der Waals surface area contributed by atoms with Gasteiger partial charge in [0.25, 0.3) is 5.91 Å². The number of ether oxygens (including phenoxy) is 3. The number of amides is 2. The van der Waals surface area contributed by atoms with Crippen LogP contribution in [0.4, 0.5) is 10.5 Å². The van der Waals surface area contributed by atoms with E-state index >= 15 is 0 Å². The molecule has 0 saturated carbocycles. The van der Waals surface area contributed by atoms with Crippen LogP contribution in [-0.4, -0.2) is 72.2 Å². The van der Waals surface area contributed by atoms with Gasteiger partial charge >= 0.3 is 6.09 Å². The molecular formula is C29H40N2O9. The fraction of sp³-hybridized carbons (Fsp3) is 0.483. The molecule has 11 nitrogen and oxygen atoms in total. The summed E-state index contributed by atoms with van der Waals surface area (Å²) in [5.41, 5.74) is 6.16. The van der Waals surface area contributed by atoms with Crippen molar-refractivity contribution in [2.24, 2.45) is 17.6 Å². The second-order valence-electron chi connectivity index (χ2n) is 10.1. The third kappa shape index (κ3) is 8.17. The molecule has 0 aliphatic carbocycles. The van der Waals surface area contributed by atoms with Crippen LogP contribution >= 0.6 is 0 Å². The number of benzene rings is 1. The van der Waals surface area contributed by atoms with Crippen molar-refractivity contribution in [3.63, 3.8) is 0 Å². The fourth-order valence-corrected chi connectivity index (χ4v) is 4.76. The lowest BCUT2D eigenvalue weighted by Crippen LogP contribution is -2.37. The molecule has 2 amide bonds. The molecule has 0 unspecified atom stereocenters. The number of nitrogens with one attached hydrogen (secondary N) is 1. The summed E-state index contributed by atoms with van der Waals surface area (Å²) in [6.45, 7) is 6.90. The Morgan fingerprint density at radius 1 is 1.18 bits per heavy atom. The Labute approximate surface area is 234 Å². The van der Waals surface area contributed by atoms with Crippen LogP contribution in [0.2, 0.25) is 0 Å². The summed E-state index contributed by atoms with van der Waals surface area (Å²) in [6, 6.07) is 1.11. The molecule has 2 bridgehead atoms. The Balaban J connectivity index is 2.66. The topological polar surface area (TPSA) is 178 Å². The molecule has 1 aliphatic rings. The number of aldehydes is 1. The van der Waals surface area contributed by atoms with Gasteiger partial charge in [0.1, 0.15) is 17.6 Å². The van der Waals surface area contributed by atoms with Gasteiger partial charge in [-0.25, -0.2) is 4.79 Å². The SMILES string of the molecule is CO[C@H]1/C=C\C=C(/C)C(=O)Nc2cc(O)c(C=O)c(c2O)C[C@@H](C)C[C@H](OC)[C@H](O)[C@@H](C)C=C(C)[C@@H]1OC(N)=O. The number of carbonyl (C=O) groups is 3. The minimum absolute atomic E-state index is 0.0635. The van der Waals surface area contributed by atoms with E-state index in [1.807, 2.05) is 6.92 Å². The largest absolute Gasteiger partial charge is 0.507 e. The van der Waals surface area contributed by atoms with E-state index in [1.54, 1.807) is 39.0 Å². The van der Waals surface area contributed by atoms with E-state index < -0.39 is 48.1 Å². The van der Waals surface area contributed by atoms with Gasteiger partial charge in [-0.2, -0.15) is 0 Å². The number of allylic oxidation sites excluding steroid dienone is 2. The van der Waals surface area contributed by atoms with Gasteiger partial charge in [-0.3, -0.25) is 9.59 Å². The second kappa shape index (κ2) is 14.6. The number of methoxy groups -OCH3 is 2. The number of aliphatic hydroxyl groups is 1. The lowest BCUT2D eigenvalue weighted by molar-refractivity contribution is -0.112. The van der Waals surface area contributed by atoms with E-state index in [0.717, 1.165) is 6.07 Å². The number of phenols is 2. The lowest BCUT2D eigenvalue weighted by atomic mass is 9.87. The molecule has 0 saturated heterocycles. The highest BCUT2D eigenvalue weighted by Crippen LogP contribution is 2.38. The summed E-state index contributed by atoms with van der Waals surface area (Å²) in [4.78, 5) is 36.3. The smallest absolute Gasteiger partial charge is 0.405 e. The molecule has 0 aromatic heterocycles. The Morgan fingerprint density at radius 2 is 1.85 bits per heavy atom. The van der Waals surface area contributed by atoms with Gasteiger partial charge in [-0.15, -0.1) is 0 Å². The fourth-order valence-electron chi connectivity index (χ4n) is 4.76. The van der Waals surface area contributed by atoms with E-state index in [4.69, 9.17) is 19.9 Å². The lowest BCUT2D eigenvalue weighted by Gasteiger charge is -2.29. The van der Waals surface area contributed by atoms with Crippen LogP contribution in [0.15, 0.2) is 41.5 Å². The predicted octanol–water partition coefficient (Wildman–Crippen LogP) is 3.37. The molecule has 1 heterocycles. The number of aromatic hydroxyl groups is 2. The highest BCUT2D eigenvalue weighted by molar-refractivity contribution is 6.05. The number of hydrogen-bond acceptors (Lipinski definition) is 9. The van der Waals surface area contributed by atoms with Crippen molar-refractivity contribution in [1.29, 1.82) is 0 Å². The quantitative estimate of drug-likeness (QED) is 0.160. The molecule has 2 rings (SSSR count). The molecule has 40 heavy (non-hydrogen) atoms. The second-order valence-corrected chi connectivity index (χ2v) is 10.1. The summed E-state index contributed by atoms with van der Waals surface area (Å²) in [6.07, 6.45) is 2.97. The number of aliphatic hydroxyl groups excluding tert-OH is 1. The Hall–Kier alpha value is -3.67. The summed E-state index contributed by atoms with van der Waals surface area (Å²) in [5, 5.41) is 35.2. The van der Waals surface area contributed by atoms with Gasteiger partial charge in [-0.05, 0) is 38.2 Å². The molecular weight excluding hydrogens is 520 g/mol. The van der Waals surface area contributed by atoms with Crippen molar-refractivity contribution in [3.05, 3.63) is 52.6 Å². The van der Waals surface area contributed by atoms with Gasteiger partial charge in [0.05, 0.1) is 23.5 Å². The van der Waals surface area contributed by atoms with Crippen molar-refractivity contribution < 1.29 is 43.9 Å². The average molecular weight is 561 g/mol. The molecule has 0 fully saturated rings. The van der Waals surface area contributed by atoms with Crippen LogP contribution in [0, 0.1) is 11.8 Å². The number of phenolic OH excluding ortho intramolecular Hbond substituents is 2. The Bertz CT molecular complexity index is 1170. The van der Waals surface area contributed by atoms with E-state index in [9.17, 15) is 29.7 Å². The molecule has 1 aromatic carbocycles. The van der Waals surface area contributed by atoms with Gasteiger partial charge in [0.2, 0.25) is 0 Å². The maximum absolute atomic E-state index is 12.9. The first-order chi connectivity index (χ1) is 18.8. The number of primary amides is 1. The molecule has 1 aliphatic heterocycles. The van der Waals surface area contributed by atoms with Crippen molar-refractivity contribution in [2.75, 3.05) is 19.5 Å². The van der Waals surface area contributed by atoms with Crippen LogP contribution < -0.4 is 11.1 Å². The molecule has 220 valence electrons. The first kappa shape index (κ1) is 32.5. The zero-order chi connectivity index (χ0) is 30.1. The monoisotopic (exact) mass is 560 g/mol. The normalized spacial score (nSPS) is 28.9. The molecule has 1 aromatic rings. The predicted molar refractivity (Wildman–Crippen MR) is 149 cm³/mol. The zero-order valence-corrected chi connectivity index (χ0v) is 23.7. The van der Waals surface area contributed by atoms with Crippen LogP contribution in [0.3, 0.4) is 0 Å². The minimum Gasteiger partial charge on any atom is -0.507 e. The van der Waals surface area contributed by atoms with Crippen molar-refractivity contribution in [2.45, 2.75) is 65.0 Å². The molecule has 0 radical (unpaired) electrons. The molecule has 6 N–H and O–H groups in total. The third-order valence-electron chi connectivity index (χ3n) is 6.99. The number of rotatable bonds is 4. The maximum atomic E-state index is 12.9. The van der Waals surface area contributed by atoms with Crippen molar-refractivity contribution >= 4 is 24.0 Å². The number of anilines is 1. The first-order valence-corrected chi connectivity index (χ1v) is 12.9. The van der Waals surface area contributed by atoms with E-state index in [1.165, 1.54) is 20.3 Å². The first-order valence-electron chi connectivity index (χ1n) is 12.9. The number of carbonyl (C=O) groups excluding carboxylic acids is 3. The Kier molecular flexibility index (Phi) is 11.9. The van der Waals surface area contributed by atoms with Gasteiger partial charge < -0.3 is 40.6 Å². The number of hydrogen-bond donors (Lipinski definition) is 5. The zero-order valence-electron chi connectivity index (χ0n) is 23.7. The van der Waals surface area contributed by atoms with Crippen LogP contribution in [0.25, 0.3) is 0 Å². The third-order valence-corrected chi connectivity index (χ3v) is 6.99. The van der Waals surface area contributed by atoms with E-state index in [2.05, 4.69) is 5.32 Å². The van der Waals surface area contributed by atoms with Crippen LogP contribution in [-0.2, 0) is 25.4 Å². The average Bonchev–Trinajstić information content (AvgIpc) is 2.90. The number of nitrogens with two attached hydrogens (primary N) is 1. The Morgan fingerprint density at radius 3 is 2.42 bits per heavy atom. The summed E-state index contributed by atoms with van der Waals surface area (Å²) in [7, 11) is 2.89. The van der Waals surface area contributed by atoms with Gasteiger partial charge in [0, 0.05) is 37.3 Å². The summed E-state index contributed by atoms with van der Waals surface area (Å²) < 4.78 is 16.5. The minimum atomic E-state index is -1.01. The standard InChI is InChI=1S/C29H40N2O9/c1-15-10-19-20(14-32)22(33)13-21(26(19)35)31-28(36)16(2)8-7-9-23(38-5)27(40-29(30)37)18(4)12-17(3)25(34)24(11-15)39-6/h7-9,12-15,17,23-25,27,33-35H,10-11H2,1-6H3,(H2,30,37)(H,31,36)/b9-7-,16-8+,18-12?/t15-,17+,23+,24+,25-,27+/m1/s1. The highest BCUT2D eigenvalue weighted by atomic mass is 16.6. The number of fused-ring (bicyclic) bond motifs is 2. The molecule has 0 spiro atoms. The van der Waals surface area contributed by atoms with Crippen molar-refractivity contribution in [1.82, 2.24) is 0 Å². The van der Waals surface area contributed by atoms with Gasteiger partial charge in [-0.1, -0.05) is 38.2 Å². The van der Waals surface area contributed by atoms with Crippen LogP contribution in [0.5, 0.6) is 11.5 Å². The summed E-state index contributed by atoms with van der Waals surface area (Å²) in [5.74, 6) is -1.98. The van der Waals surface area contributed by atoms with Gasteiger partial charge in [0.15, 0.2) is 12.4 Å². The van der Waals surface area contributed by atoms with E-state index in [0.29, 0.717) is 18.3 Å². The molecule has 6 atom stereocenters. The molecule has 11 heteroatoms. The van der Waals surface area contributed by atoms with E-state index in [-0.39, 0.29) is 40.5 Å². The summed E-state index contributed by atoms with van der Waals surface area (Å²) >= 11 is 0. The maximum Gasteiger partial charge on any atom is 0.405 e. The van der Waals surface area contributed by atoms with Crippen LogP contribution in [0.1, 0.15) is 50.0 Å². The van der Waals surface area contributed by atoms with Crippen molar-refractivity contribution in [3.8, 4) is 11.5 Å². The highest BCUT2D eigenvalue weighted by Gasteiger charge is 2.30.